The summed E-state index contributed by atoms with van der Waals surface area (Å²) < 4.78 is 0. The lowest BCUT2D eigenvalue weighted by molar-refractivity contribution is -0.115. The summed E-state index contributed by atoms with van der Waals surface area (Å²) >= 11 is 1.70. The summed E-state index contributed by atoms with van der Waals surface area (Å²) in [5.74, 6) is 0.0276. The van der Waals surface area contributed by atoms with Gasteiger partial charge in [-0.05, 0) is 29.1 Å². The lowest BCUT2D eigenvalue weighted by Crippen LogP contribution is -2.04. The summed E-state index contributed by atoms with van der Waals surface area (Å²) in [6, 6.07) is 7.87. The molecule has 0 spiro atoms. The van der Waals surface area contributed by atoms with E-state index < -0.39 is 0 Å². The lowest BCUT2D eigenvalue weighted by atomic mass is 10.1. The minimum atomic E-state index is 0.0276. The van der Waals surface area contributed by atoms with Crippen molar-refractivity contribution < 1.29 is 4.79 Å². The predicted octanol–water partition coefficient (Wildman–Crippen LogP) is 2.44. The second-order valence-electron chi connectivity index (χ2n) is 4.25. The zero-order valence-electron chi connectivity index (χ0n) is 9.69. The highest BCUT2D eigenvalue weighted by molar-refractivity contribution is 7.09. The maximum atomic E-state index is 11.3. The number of rotatable bonds is 3. The number of anilines is 3. The van der Waals surface area contributed by atoms with E-state index in [4.69, 9.17) is 5.73 Å². The van der Waals surface area contributed by atoms with Crippen molar-refractivity contribution in [3.05, 3.63) is 40.1 Å². The molecule has 2 heterocycles. The molecule has 0 fully saturated rings. The van der Waals surface area contributed by atoms with Crippen LogP contribution in [-0.2, 0) is 17.8 Å². The topological polar surface area (TPSA) is 67.2 Å². The van der Waals surface area contributed by atoms with E-state index in [1.165, 1.54) is 4.88 Å². The van der Waals surface area contributed by atoms with Crippen molar-refractivity contribution in [1.82, 2.24) is 0 Å². The Balaban J connectivity index is 1.80. The van der Waals surface area contributed by atoms with Gasteiger partial charge in [-0.1, -0.05) is 6.07 Å². The van der Waals surface area contributed by atoms with Crippen molar-refractivity contribution in [2.24, 2.45) is 0 Å². The molecule has 1 amide bonds. The van der Waals surface area contributed by atoms with Crippen LogP contribution in [0.25, 0.3) is 0 Å². The summed E-state index contributed by atoms with van der Waals surface area (Å²) in [6.07, 6.45) is 0.421. The minimum Gasteiger partial charge on any atom is -0.397 e. The summed E-state index contributed by atoms with van der Waals surface area (Å²) in [7, 11) is 0. The van der Waals surface area contributed by atoms with Crippen molar-refractivity contribution in [1.29, 1.82) is 0 Å². The Morgan fingerprint density at radius 2 is 2.33 bits per heavy atom. The molecule has 0 radical (unpaired) electrons. The first kappa shape index (κ1) is 11.1. The molecule has 0 unspecified atom stereocenters. The van der Waals surface area contributed by atoms with Gasteiger partial charge in [0.25, 0.3) is 0 Å². The highest BCUT2D eigenvalue weighted by Gasteiger charge is 2.19. The molecule has 0 saturated carbocycles. The van der Waals surface area contributed by atoms with Gasteiger partial charge in [0.05, 0.1) is 17.8 Å². The minimum absolute atomic E-state index is 0.0276. The number of thiophene rings is 1. The van der Waals surface area contributed by atoms with Gasteiger partial charge < -0.3 is 16.4 Å². The van der Waals surface area contributed by atoms with Gasteiger partial charge >= 0.3 is 0 Å². The highest BCUT2D eigenvalue weighted by Crippen LogP contribution is 2.31. The summed E-state index contributed by atoms with van der Waals surface area (Å²) in [5.41, 5.74) is 9.36. The predicted molar refractivity (Wildman–Crippen MR) is 74.8 cm³/mol. The van der Waals surface area contributed by atoms with Crippen LogP contribution in [0.3, 0.4) is 0 Å². The SMILES string of the molecule is Nc1cc2c(cc1NCc1cccs1)NC(=O)C2. The number of carbonyl (C=O) groups is 1. The number of fused-ring (bicyclic) bond motifs is 1. The smallest absolute Gasteiger partial charge is 0.228 e. The summed E-state index contributed by atoms with van der Waals surface area (Å²) in [5, 5.41) is 8.17. The Bertz CT molecular complexity index is 593. The second kappa shape index (κ2) is 4.34. The van der Waals surface area contributed by atoms with Crippen molar-refractivity contribution in [3.63, 3.8) is 0 Å². The molecule has 5 heteroatoms. The maximum absolute atomic E-state index is 11.3. The monoisotopic (exact) mass is 259 g/mol. The van der Waals surface area contributed by atoms with Crippen LogP contribution in [0.2, 0.25) is 0 Å². The van der Waals surface area contributed by atoms with Crippen LogP contribution in [0.1, 0.15) is 10.4 Å². The third-order valence-electron chi connectivity index (χ3n) is 2.93. The maximum Gasteiger partial charge on any atom is 0.228 e. The van der Waals surface area contributed by atoms with Gasteiger partial charge in [-0.2, -0.15) is 0 Å². The Kier molecular flexibility index (Phi) is 2.68. The summed E-state index contributed by atoms with van der Waals surface area (Å²) in [6.45, 7) is 0.745. The fourth-order valence-corrected chi connectivity index (χ4v) is 2.69. The summed E-state index contributed by atoms with van der Waals surface area (Å²) in [4.78, 5) is 12.5. The molecule has 3 rings (SSSR count). The van der Waals surface area contributed by atoms with Gasteiger partial charge in [0.1, 0.15) is 0 Å². The number of hydrogen-bond donors (Lipinski definition) is 3. The number of nitrogen functional groups attached to an aromatic ring is 1. The van der Waals surface area contributed by atoms with Crippen LogP contribution >= 0.6 is 11.3 Å². The van der Waals surface area contributed by atoms with Gasteiger partial charge in [-0.15, -0.1) is 11.3 Å². The van der Waals surface area contributed by atoms with Crippen LogP contribution < -0.4 is 16.4 Å². The van der Waals surface area contributed by atoms with E-state index >= 15 is 0 Å². The zero-order chi connectivity index (χ0) is 12.5. The van der Waals surface area contributed by atoms with Crippen LogP contribution in [0, 0.1) is 0 Å². The van der Waals surface area contributed by atoms with Crippen LogP contribution in [-0.4, -0.2) is 5.91 Å². The molecule has 18 heavy (non-hydrogen) atoms. The van der Waals surface area contributed by atoms with Gasteiger partial charge in [-0.25, -0.2) is 0 Å². The first-order valence-corrected chi connectivity index (χ1v) is 6.59. The Hall–Kier alpha value is -2.01. The van der Waals surface area contributed by atoms with Crippen LogP contribution in [0.15, 0.2) is 29.6 Å². The first-order chi connectivity index (χ1) is 8.72. The van der Waals surface area contributed by atoms with Crippen molar-refractivity contribution in [3.8, 4) is 0 Å². The zero-order valence-corrected chi connectivity index (χ0v) is 10.5. The number of nitrogens with two attached hydrogens (primary N) is 1. The number of nitrogens with one attached hydrogen (secondary N) is 2. The molecule has 1 aliphatic rings. The third-order valence-corrected chi connectivity index (χ3v) is 3.81. The molecule has 1 aromatic carbocycles. The lowest BCUT2D eigenvalue weighted by Gasteiger charge is -2.10. The molecule has 0 saturated heterocycles. The standard InChI is InChI=1S/C13H13N3OS/c14-10-4-8-5-13(17)16-11(8)6-12(10)15-7-9-2-1-3-18-9/h1-4,6,15H,5,7,14H2,(H,16,17). The highest BCUT2D eigenvalue weighted by atomic mass is 32.1. The molecule has 0 bridgehead atoms. The fraction of sp³-hybridized carbons (Fsp3) is 0.154. The molecule has 4 N–H and O–H groups in total. The van der Waals surface area contributed by atoms with E-state index in [1.807, 2.05) is 23.6 Å². The largest absolute Gasteiger partial charge is 0.397 e. The van der Waals surface area contributed by atoms with Crippen molar-refractivity contribution in [2.75, 3.05) is 16.4 Å². The van der Waals surface area contributed by atoms with Gasteiger partial charge in [0.2, 0.25) is 5.91 Å². The molecule has 1 aliphatic heterocycles. The fourth-order valence-electron chi connectivity index (χ4n) is 2.04. The number of amides is 1. The average Bonchev–Trinajstić information content (AvgIpc) is 2.94. The van der Waals surface area contributed by atoms with Crippen LogP contribution in [0.5, 0.6) is 0 Å². The van der Waals surface area contributed by atoms with E-state index in [1.54, 1.807) is 11.3 Å². The van der Waals surface area contributed by atoms with Crippen LogP contribution in [0.4, 0.5) is 17.1 Å². The first-order valence-electron chi connectivity index (χ1n) is 5.71. The van der Waals surface area contributed by atoms with Gasteiger partial charge in [-0.3, -0.25) is 4.79 Å². The molecule has 0 aliphatic carbocycles. The Morgan fingerprint density at radius 1 is 1.44 bits per heavy atom. The molecule has 4 nitrogen and oxygen atoms in total. The molecule has 0 atom stereocenters. The van der Waals surface area contributed by atoms with Gasteiger partial charge in [0, 0.05) is 17.1 Å². The molecular weight excluding hydrogens is 246 g/mol. The number of carbonyl (C=O) groups excluding carboxylic acids is 1. The van der Waals surface area contributed by atoms with Gasteiger partial charge in [0.15, 0.2) is 0 Å². The number of benzene rings is 1. The third kappa shape index (κ3) is 2.04. The molecule has 2 aromatic rings. The Labute approximate surface area is 109 Å². The van der Waals surface area contributed by atoms with E-state index in [0.717, 1.165) is 23.5 Å². The second-order valence-corrected chi connectivity index (χ2v) is 5.29. The van der Waals surface area contributed by atoms with E-state index in [-0.39, 0.29) is 5.91 Å². The number of hydrogen-bond acceptors (Lipinski definition) is 4. The Morgan fingerprint density at radius 3 is 3.11 bits per heavy atom. The quantitative estimate of drug-likeness (QED) is 0.742. The molecular formula is C13H13N3OS. The average molecular weight is 259 g/mol. The van der Waals surface area contributed by atoms with Crippen molar-refractivity contribution >= 4 is 34.3 Å². The molecule has 92 valence electrons. The van der Waals surface area contributed by atoms with E-state index in [9.17, 15) is 4.79 Å². The normalized spacial score (nSPS) is 13.2. The molecule has 1 aromatic heterocycles. The van der Waals surface area contributed by atoms with E-state index in [2.05, 4.69) is 16.7 Å². The van der Waals surface area contributed by atoms with Crippen molar-refractivity contribution in [2.45, 2.75) is 13.0 Å². The van der Waals surface area contributed by atoms with E-state index in [0.29, 0.717) is 12.1 Å².